The van der Waals surface area contributed by atoms with Gasteiger partial charge in [0.1, 0.15) is 0 Å². The molecule has 1 unspecified atom stereocenters. The van der Waals surface area contributed by atoms with Crippen molar-refractivity contribution in [2.45, 2.75) is 38.3 Å². The van der Waals surface area contributed by atoms with Crippen LogP contribution in [0.5, 0.6) is 0 Å². The first-order chi connectivity index (χ1) is 6.97. The lowest BCUT2D eigenvalue weighted by molar-refractivity contribution is -0.126. The summed E-state index contributed by atoms with van der Waals surface area (Å²) in [6, 6.07) is 0.515. The fraction of sp³-hybridized carbons (Fsp3) is 0.909. The molecule has 1 fully saturated rings. The summed E-state index contributed by atoms with van der Waals surface area (Å²) in [5.41, 5.74) is -0.475. The quantitative estimate of drug-likeness (QED) is 0.701. The summed E-state index contributed by atoms with van der Waals surface area (Å²) in [5, 5.41) is 6.01. The van der Waals surface area contributed by atoms with Crippen molar-refractivity contribution in [1.82, 2.24) is 15.5 Å². The van der Waals surface area contributed by atoms with Crippen LogP contribution in [-0.4, -0.2) is 49.6 Å². The Morgan fingerprint density at radius 2 is 2.20 bits per heavy atom. The van der Waals surface area contributed by atoms with Gasteiger partial charge in [-0.3, -0.25) is 4.79 Å². The summed E-state index contributed by atoms with van der Waals surface area (Å²) in [5.74, 6) is 0.0744. The van der Waals surface area contributed by atoms with Crippen molar-refractivity contribution in [2.75, 3.05) is 27.2 Å². The average Bonchev–Trinajstić information content (AvgIpc) is 2.60. The van der Waals surface area contributed by atoms with Crippen LogP contribution in [0.25, 0.3) is 0 Å². The Bertz CT molecular complexity index is 228. The molecule has 1 aliphatic rings. The Balaban J connectivity index is 2.34. The monoisotopic (exact) mass is 213 g/mol. The topological polar surface area (TPSA) is 44.4 Å². The van der Waals surface area contributed by atoms with E-state index in [4.69, 9.17) is 0 Å². The second-order valence-corrected chi connectivity index (χ2v) is 4.86. The summed E-state index contributed by atoms with van der Waals surface area (Å²) in [4.78, 5) is 14.1. The standard InChI is InChI=1S/C11H23N3O/c1-11(2,12-3)10(15)13-8-9-6-5-7-14(9)4/h9,12H,5-8H2,1-4H3,(H,13,15). The molecule has 1 rings (SSSR count). The number of likely N-dealkylation sites (tertiary alicyclic amines) is 1. The van der Waals surface area contributed by atoms with Crippen molar-refractivity contribution in [3.63, 3.8) is 0 Å². The third kappa shape index (κ3) is 3.18. The van der Waals surface area contributed by atoms with Crippen LogP contribution in [0.15, 0.2) is 0 Å². The van der Waals surface area contributed by atoms with Crippen molar-refractivity contribution in [2.24, 2.45) is 0 Å². The summed E-state index contributed by atoms with van der Waals surface area (Å²) >= 11 is 0. The van der Waals surface area contributed by atoms with Crippen molar-refractivity contribution in [1.29, 1.82) is 0 Å². The van der Waals surface area contributed by atoms with Crippen LogP contribution < -0.4 is 10.6 Å². The largest absolute Gasteiger partial charge is 0.353 e. The zero-order valence-corrected chi connectivity index (χ0v) is 10.3. The highest BCUT2D eigenvalue weighted by Crippen LogP contribution is 2.13. The van der Waals surface area contributed by atoms with E-state index in [1.54, 1.807) is 7.05 Å². The van der Waals surface area contributed by atoms with E-state index in [2.05, 4.69) is 22.6 Å². The summed E-state index contributed by atoms with van der Waals surface area (Å²) in [6.45, 7) is 5.69. The predicted octanol–water partition coefficient (Wildman–Crippen LogP) is 0.195. The number of amides is 1. The van der Waals surface area contributed by atoms with E-state index in [-0.39, 0.29) is 5.91 Å². The molecule has 15 heavy (non-hydrogen) atoms. The molecular formula is C11H23N3O. The molecule has 0 saturated carbocycles. The zero-order valence-electron chi connectivity index (χ0n) is 10.3. The normalized spacial score (nSPS) is 23.1. The Labute approximate surface area is 92.4 Å². The van der Waals surface area contributed by atoms with Crippen LogP contribution in [0.4, 0.5) is 0 Å². The lowest BCUT2D eigenvalue weighted by Crippen LogP contribution is -2.53. The Morgan fingerprint density at radius 1 is 1.53 bits per heavy atom. The van der Waals surface area contributed by atoms with E-state index in [0.29, 0.717) is 6.04 Å². The minimum Gasteiger partial charge on any atom is -0.353 e. The minimum absolute atomic E-state index is 0.0744. The molecule has 0 aromatic rings. The number of hydrogen-bond donors (Lipinski definition) is 2. The lowest BCUT2D eigenvalue weighted by atomic mass is 10.1. The van der Waals surface area contributed by atoms with Gasteiger partial charge in [-0.25, -0.2) is 0 Å². The van der Waals surface area contributed by atoms with Gasteiger partial charge in [-0.1, -0.05) is 0 Å². The molecule has 1 heterocycles. The maximum atomic E-state index is 11.8. The number of nitrogens with one attached hydrogen (secondary N) is 2. The Hall–Kier alpha value is -0.610. The van der Waals surface area contributed by atoms with Gasteiger partial charge < -0.3 is 15.5 Å². The molecule has 2 N–H and O–H groups in total. The number of carbonyl (C=O) groups is 1. The fourth-order valence-electron chi connectivity index (χ4n) is 1.78. The Morgan fingerprint density at radius 3 is 2.67 bits per heavy atom. The molecule has 0 aromatic carbocycles. The summed E-state index contributed by atoms with van der Waals surface area (Å²) < 4.78 is 0. The van der Waals surface area contributed by atoms with E-state index >= 15 is 0 Å². The molecule has 0 aromatic heterocycles. The number of rotatable bonds is 4. The molecule has 4 nitrogen and oxygen atoms in total. The van der Waals surface area contributed by atoms with Gasteiger partial charge in [0.2, 0.25) is 5.91 Å². The second-order valence-electron chi connectivity index (χ2n) is 4.86. The third-order valence-electron chi connectivity index (χ3n) is 3.36. The molecular weight excluding hydrogens is 190 g/mol. The molecule has 0 aliphatic carbocycles. The first-order valence-electron chi connectivity index (χ1n) is 5.65. The number of hydrogen-bond acceptors (Lipinski definition) is 3. The maximum absolute atomic E-state index is 11.8. The van der Waals surface area contributed by atoms with Crippen LogP contribution in [0.3, 0.4) is 0 Å². The van der Waals surface area contributed by atoms with Gasteiger partial charge in [-0.05, 0) is 47.3 Å². The number of nitrogens with zero attached hydrogens (tertiary/aromatic N) is 1. The van der Waals surface area contributed by atoms with Gasteiger partial charge in [0.05, 0.1) is 5.54 Å². The van der Waals surface area contributed by atoms with E-state index < -0.39 is 5.54 Å². The van der Waals surface area contributed by atoms with Crippen LogP contribution in [0, 0.1) is 0 Å². The first kappa shape index (κ1) is 12.5. The molecule has 1 aliphatic heterocycles. The van der Waals surface area contributed by atoms with E-state index in [9.17, 15) is 4.79 Å². The minimum atomic E-state index is -0.475. The Kier molecular flexibility index (Phi) is 4.11. The van der Waals surface area contributed by atoms with Gasteiger partial charge in [-0.2, -0.15) is 0 Å². The zero-order chi connectivity index (χ0) is 11.5. The van der Waals surface area contributed by atoms with Crippen LogP contribution in [-0.2, 0) is 4.79 Å². The second kappa shape index (κ2) is 4.94. The molecule has 0 radical (unpaired) electrons. The highest BCUT2D eigenvalue weighted by molar-refractivity contribution is 5.85. The van der Waals surface area contributed by atoms with Crippen molar-refractivity contribution in [3.05, 3.63) is 0 Å². The molecule has 1 saturated heterocycles. The van der Waals surface area contributed by atoms with Crippen molar-refractivity contribution in [3.8, 4) is 0 Å². The predicted molar refractivity (Wildman–Crippen MR) is 61.8 cm³/mol. The van der Waals surface area contributed by atoms with E-state index in [1.807, 2.05) is 13.8 Å². The first-order valence-corrected chi connectivity index (χ1v) is 5.65. The molecule has 0 bridgehead atoms. The fourth-order valence-corrected chi connectivity index (χ4v) is 1.78. The summed E-state index contributed by atoms with van der Waals surface area (Å²) in [6.07, 6.45) is 2.43. The molecule has 0 spiro atoms. The average molecular weight is 213 g/mol. The van der Waals surface area contributed by atoms with Gasteiger partial charge >= 0.3 is 0 Å². The molecule has 88 valence electrons. The van der Waals surface area contributed by atoms with Crippen LogP contribution in [0.1, 0.15) is 26.7 Å². The van der Waals surface area contributed by atoms with Crippen LogP contribution in [0.2, 0.25) is 0 Å². The van der Waals surface area contributed by atoms with Gasteiger partial charge in [-0.15, -0.1) is 0 Å². The van der Waals surface area contributed by atoms with E-state index in [0.717, 1.165) is 13.1 Å². The van der Waals surface area contributed by atoms with Crippen LogP contribution >= 0.6 is 0 Å². The summed E-state index contributed by atoms with van der Waals surface area (Å²) in [7, 11) is 3.92. The molecule has 1 amide bonds. The maximum Gasteiger partial charge on any atom is 0.239 e. The smallest absolute Gasteiger partial charge is 0.239 e. The van der Waals surface area contributed by atoms with Crippen molar-refractivity contribution >= 4 is 5.91 Å². The number of carbonyl (C=O) groups excluding carboxylic acids is 1. The van der Waals surface area contributed by atoms with Gasteiger partial charge in [0.25, 0.3) is 0 Å². The molecule has 4 heteroatoms. The van der Waals surface area contributed by atoms with E-state index in [1.165, 1.54) is 12.8 Å². The third-order valence-corrected chi connectivity index (χ3v) is 3.36. The van der Waals surface area contributed by atoms with Gasteiger partial charge in [0, 0.05) is 12.6 Å². The van der Waals surface area contributed by atoms with Gasteiger partial charge in [0.15, 0.2) is 0 Å². The lowest BCUT2D eigenvalue weighted by Gasteiger charge is -2.25. The molecule has 1 atom stereocenters. The number of likely N-dealkylation sites (N-methyl/N-ethyl adjacent to an activating group) is 2. The van der Waals surface area contributed by atoms with Crippen molar-refractivity contribution < 1.29 is 4.79 Å². The highest BCUT2D eigenvalue weighted by Gasteiger charge is 2.27. The SMILES string of the molecule is CNC(C)(C)C(=O)NCC1CCCN1C. The highest BCUT2D eigenvalue weighted by atomic mass is 16.2.